The summed E-state index contributed by atoms with van der Waals surface area (Å²) in [5.74, 6) is 0. The van der Waals surface area contributed by atoms with Gasteiger partial charge in [-0.1, -0.05) is 13.8 Å². The van der Waals surface area contributed by atoms with E-state index in [9.17, 15) is 0 Å². The predicted octanol–water partition coefficient (Wildman–Crippen LogP) is 4.24. The molecule has 4 heteroatoms. The maximum Gasteiger partial charge on any atom is 0.0728 e. The Labute approximate surface area is 123 Å². The molecule has 104 valence electrons. The second-order valence-electron chi connectivity index (χ2n) is 4.36. The van der Waals surface area contributed by atoms with Gasteiger partial charge in [-0.25, -0.2) is 0 Å². The van der Waals surface area contributed by atoms with Crippen LogP contribution in [0.1, 0.15) is 38.5 Å². The molecule has 0 aliphatic rings. The zero-order chi connectivity index (χ0) is 13.4. The van der Waals surface area contributed by atoms with E-state index in [1.54, 1.807) is 0 Å². The highest BCUT2D eigenvalue weighted by Crippen LogP contribution is 2.25. The average Bonchev–Trinajstić information content (AvgIpc) is 2.77. The van der Waals surface area contributed by atoms with Gasteiger partial charge < -0.3 is 10.1 Å². The monoisotopic (exact) mass is 333 g/mol. The SMILES string of the molecule is CCCNC(Cc1sccc1Br)C(CC)OCC. The minimum Gasteiger partial charge on any atom is -0.377 e. The van der Waals surface area contributed by atoms with E-state index in [0.717, 1.165) is 32.4 Å². The van der Waals surface area contributed by atoms with Crippen molar-refractivity contribution < 1.29 is 4.74 Å². The zero-order valence-corrected chi connectivity index (χ0v) is 13.9. The normalized spacial score (nSPS) is 14.7. The lowest BCUT2D eigenvalue weighted by Gasteiger charge is -2.27. The fraction of sp³-hybridized carbons (Fsp3) is 0.714. The van der Waals surface area contributed by atoms with Gasteiger partial charge in [0.25, 0.3) is 0 Å². The standard InChI is InChI=1S/C14H24BrNOS/c1-4-8-16-12(13(5-2)17-6-3)10-14-11(15)7-9-18-14/h7,9,12-13,16H,4-6,8,10H2,1-3H3. The molecular formula is C14H24BrNOS. The molecule has 1 heterocycles. The molecule has 2 nitrogen and oxygen atoms in total. The smallest absolute Gasteiger partial charge is 0.0728 e. The first-order chi connectivity index (χ1) is 8.72. The van der Waals surface area contributed by atoms with E-state index >= 15 is 0 Å². The molecule has 1 aromatic rings. The molecule has 0 saturated carbocycles. The van der Waals surface area contributed by atoms with Gasteiger partial charge >= 0.3 is 0 Å². The van der Waals surface area contributed by atoms with Crippen LogP contribution in [-0.2, 0) is 11.2 Å². The molecule has 0 aromatic carbocycles. The van der Waals surface area contributed by atoms with Gasteiger partial charge in [-0.15, -0.1) is 11.3 Å². The van der Waals surface area contributed by atoms with Gasteiger partial charge in [-0.2, -0.15) is 0 Å². The molecule has 0 saturated heterocycles. The minimum absolute atomic E-state index is 0.301. The summed E-state index contributed by atoms with van der Waals surface area (Å²) < 4.78 is 7.09. The van der Waals surface area contributed by atoms with Crippen molar-refractivity contribution >= 4 is 27.3 Å². The van der Waals surface area contributed by atoms with Crippen molar-refractivity contribution in [2.75, 3.05) is 13.2 Å². The van der Waals surface area contributed by atoms with Crippen LogP contribution >= 0.6 is 27.3 Å². The number of nitrogens with one attached hydrogen (secondary N) is 1. The Bertz CT molecular complexity index is 329. The van der Waals surface area contributed by atoms with Crippen LogP contribution in [0.2, 0.25) is 0 Å². The lowest BCUT2D eigenvalue weighted by atomic mass is 10.0. The van der Waals surface area contributed by atoms with Crippen molar-refractivity contribution in [1.29, 1.82) is 0 Å². The topological polar surface area (TPSA) is 21.3 Å². The first-order valence-corrected chi connectivity index (χ1v) is 8.46. The van der Waals surface area contributed by atoms with E-state index in [1.165, 1.54) is 9.35 Å². The molecule has 18 heavy (non-hydrogen) atoms. The van der Waals surface area contributed by atoms with E-state index in [0.29, 0.717) is 12.1 Å². The molecule has 1 aromatic heterocycles. The lowest BCUT2D eigenvalue weighted by Crippen LogP contribution is -2.43. The summed E-state index contributed by atoms with van der Waals surface area (Å²) in [5, 5.41) is 5.77. The van der Waals surface area contributed by atoms with E-state index in [-0.39, 0.29) is 0 Å². The summed E-state index contributed by atoms with van der Waals surface area (Å²) >= 11 is 5.43. The molecule has 1 rings (SSSR count). The zero-order valence-electron chi connectivity index (χ0n) is 11.5. The Balaban J connectivity index is 2.67. The molecule has 2 atom stereocenters. The highest BCUT2D eigenvalue weighted by molar-refractivity contribution is 9.10. The molecule has 1 N–H and O–H groups in total. The summed E-state index contributed by atoms with van der Waals surface area (Å²) in [6.45, 7) is 8.31. The quantitative estimate of drug-likeness (QED) is 0.729. The van der Waals surface area contributed by atoms with Crippen LogP contribution in [0, 0.1) is 0 Å². The van der Waals surface area contributed by atoms with Crippen molar-refractivity contribution in [3.8, 4) is 0 Å². The molecule has 0 amide bonds. The molecule has 0 fully saturated rings. The summed E-state index contributed by atoms with van der Waals surface area (Å²) in [6, 6.07) is 2.53. The van der Waals surface area contributed by atoms with Crippen LogP contribution in [0.15, 0.2) is 15.9 Å². The van der Waals surface area contributed by atoms with Crippen LogP contribution in [0.4, 0.5) is 0 Å². The fourth-order valence-corrected chi connectivity index (χ4v) is 3.64. The molecule has 0 aliphatic heterocycles. The van der Waals surface area contributed by atoms with Crippen molar-refractivity contribution in [1.82, 2.24) is 5.32 Å². The van der Waals surface area contributed by atoms with Crippen LogP contribution in [0.3, 0.4) is 0 Å². The van der Waals surface area contributed by atoms with E-state index < -0.39 is 0 Å². The Morgan fingerprint density at radius 1 is 1.39 bits per heavy atom. The first kappa shape index (κ1) is 16.2. The Morgan fingerprint density at radius 2 is 2.17 bits per heavy atom. The summed E-state index contributed by atoms with van der Waals surface area (Å²) in [4.78, 5) is 1.40. The van der Waals surface area contributed by atoms with Gasteiger partial charge in [0.1, 0.15) is 0 Å². The van der Waals surface area contributed by atoms with Crippen LogP contribution in [0.25, 0.3) is 0 Å². The van der Waals surface area contributed by atoms with Crippen molar-refractivity contribution in [3.05, 3.63) is 20.8 Å². The van der Waals surface area contributed by atoms with Gasteiger partial charge in [0, 0.05) is 28.4 Å². The number of ether oxygens (including phenoxy) is 1. The summed E-state index contributed by atoms with van der Waals surface area (Å²) in [5.41, 5.74) is 0. The van der Waals surface area contributed by atoms with E-state index in [2.05, 4.69) is 53.5 Å². The molecule has 2 unspecified atom stereocenters. The summed E-state index contributed by atoms with van der Waals surface area (Å²) in [7, 11) is 0. The fourth-order valence-electron chi connectivity index (χ4n) is 2.07. The minimum atomic E-state index is 0.301. The molecule has 0 spiro atoms. The van der Waals surface area contributed by atoms with Crippen molar-refractivity contribution in [2.24, 2.45) is 0 Å². The summed E-state index contributed by atoms with van der Waals surface area (Å²) in [6.07, 6.45) is 3.55. The van der Waals surface area contributed by atoms with Crippen molar-refractivity contribution in [3.63, 3.8) is 0 Å². The van der Waals surface area contributed by atoms with Gasteiger partial charge in [-0.05, 0) is 53.7 Å². The second kappa shape index (κ2) is 9.08. The van der Waals surface area contributed by atoms with Gasteiger partial charge in [0.2, 0.25) is 0 Å². The van der Waals surface area contributed by atoms with E-state index in [4.69, 9.17) is 4.74 Å². The van der Waals surface area contributed by atoms with Gasteiger partial charge in [-0.3, -0.25) is 0 Å². The number of thiophene rings is 1. The maximum absolute atomic E-state index is 5.87. The number of halogens is 1. The second-order valence-corrected chi connectivity index (χ2v) is 6.21. The molecule has 0 aliphatic carbocycles. The predicted molar refractivity (Wildman–Crippen MR) is 83.5 cm³/mol. The molecule has 0 bridgehead atoms. The van der Waals surface area contributed by atoms with Crippen LogP contribution < -0.4 is 5.32 Å². The number of hydrogen-bond acceptors (Lipinski definition) is 3. The third-order valence-electron chi connectivity index (χ3n) is 2.98. The Morgan fingerprint density at radius 3 is 2.67 bits per heavy atom. The highest BCUT2D eigenvalue weighted by Gasteiger charge is 2.21. The van der Waals surface area contributed by atoms with Gasteiger partial charge in [0.15, 0.2) is 0 Å². The third-order valence-corrected chi connectivity index (χ3v) is 4.93. The van der Waals surface area contributed by atoms with Crippen LogP contribution in [0.5, 0.6) is 0 Å². The highest BCUT2D eigenvalue weighted by atomic mass is 79.9. The van der Waals surface area contributed by atoms with E-state index in [1.807, 2.05) is 11.3 Å². The Kier molecular flexibility index (Phi) is 8.15. The average molecular weight is 334 g/mol. The van der Waals surface area contributed by atoms with Crippen LogP contribution in [-0.4, -0.2) is 25.3 Å². The number of hydrogen-bond donors (Lipinski definition) is 1. The largest absolute Gasteiger partial charge is 0.377 e. The molecular weight excluding hydrogens is 310 g/mol. The third kappa shape index (κ3) is 5.00. The first-order valence-electron chi connectivity index (χ1n) is 6.79. The Hall–Kier alpha value is 0.1000. The lowest BCUT2D eigenvalue weighted by molar-refractivity contribution is 0.0321. The number of rotatable bonds is 9. The maximum atomic E-state index is 5.87. The van der Waals surface area contributed by atoms with Gasteiger partial charge in [0.05, 0.1) is 6.10 Å². The molecule has 0 radical (unpaired) electrons. The van der Waals surface area contributed by atoms with Crippen molar-refractivity contribution in [2.45, 2.75) is 52.2 Å².